The zero-order valence-corrected chi connectivity index (χ0v) is 5.09. The molecule has 0 aliphatic carbocycles. The van der Waals surface area contributed by atoms with Crippen LogP contribution in [0.1, 0.15) is 0 Å². The Kier molecular flexibility index (Phi) is 3.33. The van der Waals surface area contributed by atoms with E-state index in [2.05, 4.69) is 20.9 Å². The van der Waals surface area contributed by atoms with Crippen LogP contribution in [0.3, 0.4) is 0 Å². The van der Waals surface area contributed by atoms with Gasteiger partial charge in [0.2, 0.25) is 5.39 Å². The number of aliphatic hydroxyl groups excluding tert-OH is 1. The molecule has 0 aromatic heterocycles. The first-order valence-corrected chi connectivity index (χ1v) is 2.71. The largest absolute Gasteiger partial charge is 0.505 e. The normalized spacial score (nSPS) is 10.6. The third kappa shape index (κ3) is 3.27. The predicted octanol–water partition coefficient (Wildman–Crippen LogP) is 1.63. The number of nitrogens with zero attached hydrogens (tertiary/aromatic N) is 2. The zero-order chi connectivity index (χ0) is 5.70. The molecule has 0 unspecified atom stereocenters. The molecule has 7 heavy (non-hydrogen) atoms. The van der Waals surface area contributed by atoms with Crippen LogP contribution in [-0.2, 0) is 0 Å². The molecule has 1 N–H and O–H groups in total. The monoisotopic (exact) mass is 163 g/mol. The maximum Gasteiger partial charge on any atom is 0.388 e. The Hall–Kier alpha value is -0.560. The minimum absolute atomic E-state index is 0.00231. The second-order valence-electron chi connectivity index (χ2n) is 0.870. The van der Waals surface area contributed by atoms with Gasteiger partial charge in [0.05, 0.1) is 5.33 Å². The molecule has 3 nitrogen and oxygen atoms in total. The van der Waals surface area contributed by atoms with Crippen molar-refractivity contribution in [3.63, 3.8) is 0 Å². The van der Waals surface area contributed by atoms with Crippen molar-refractivity contribution in [2.45, 2.75) is 0 Å². The molecule has 0 aliphatic rings. The van der Waals surface area contributed by atoms with E-state index >= 15 is 0 Å². The Morgan fingerprint density at radius 1 is 2.00 bits per heavy atom. The first-order valence-electron chi connectivity index (χ1n) is 1.59. The van der Waals surface area contributed by atoms with E-state index in [1.165, 1.54) is 0 Å². The van der Waals surface area contributed by atoms with E-state index in [0.717, 1.165) is 6.20 Å². The number of halogens is 1. The molecule has 0 spiro atoms. The number of alkyl halides is 1. The number of diazo groups is 1. The minimum Gasteiger partial charge on any atom is -0.505 e. The highest BCUT2D eigenvalue weighted by molar-refractivity contribution is 9.09. The third-order valence-corrected chi connectivity index (χ3v) is 0.918. The topological polar surface area (TPSA) is 48.4 Å². The zero-order valence-electron chi connectivity index (χ0n) is 3.50. The lowest BCUT2D eigenvalue weighted by Crippen LogP contribution is -1.75. The summed E-state index contributed by atoms with van der Waals surface area (Å²) >= 11 is 2.93. The summed E-state index contributed by atoms with van der Waals surface area (Å²) in [5.74, 6) is 0.00231. The highest BCUT2D eigenvalue weighted by Gasteiger charge is 1.92. The Morgan fingerprint density at radius 3 is 2.71 bits per heavy atom. The van der Waals surface area contributed by atoms with Crippen LogP contribution in [0.25, 0.3) is 4.98 Å². The lowest BCUT2D eigenvalue weighted by atomic mass is 10.6. The number of hydrogen-bond acceptors (Lipinski definition) is 2. The van der Waals surface area contributed by atoms with E-state index in [9.17, 15) is 0 Å². The molecule has 0 aromatic carbocycles. The summed E-state index contributed by atoms with van der Waals surface area (Å²) in [6, 6.07) is 0. The maximum absolute atomic E-state index is 8.42. The van der Waals surface area contributed by atoms with Crippen LogP contribution in [-0.4, -0.2) is 10.4 Å². The highest BCUT2D eigenvalue weighted by Crippen LogP contribution is 1.92. The minimum atomic E-state index is 0.00231. The van der Waals surface area contributed by atoms with Gasteiger partial charge in [-0.25, -0.2) is 0 Å². The van der Waals surface area contributed by atoms with Crippen LogP contribution in [0, 0.1) is 5.39 Å². The van der Waals surface area contributed by atoms with Crippen molar-refractivity contribution in [1.82, 2.24) is 0 Å². The molecule has 4 heteroatoms. The van der Waals surface area contributed by atoms with Crippen LogP contribution in [0.5, 0.6) is 0 Å². The average Bonchev–Trinajstić information content (AvgIpc) is 1.68. The van der Waals surface area contributed by atoms with Crippen molar-refractivity contribution in [3.05, 3.63) is 16.9 Å². The van der Waals surface area contributed by atoms with Crippen molar-refractivity contribution in [2.75, 3.05) is 5.33 Å². The van der Waals surface area contributed by atoms with Crippen molar-refractivity contribution in [2.24, 2.45) is 0 Å². The van der Waals surface area contributed by atoms with Crippen molar-refractivity contribution in [3.8, 4) is 0 Å². The van der Waals surface area contributed by atoms with Gasteiger partial charge in [-0.3, -0.25) is 0 Å². The fourth-order valence-corrected chi connectivity index (χ4v) is 0.246. The number of rotatable bonds is 1. The lowest BCUT2D eigenvalue weighted by Gasteiger charge is -1.75. The first kappa shape index (κ1) is 6.44. The van der Waals surface area contributed by atoms with E-state index in [1.54, 1.807) is 0 Å². The van der Waals surface area contributed by atoms with Crippen molar-refractivity contribution < 1.29 is 5.11 Å². The Morgan fingerprint density at radius 2 is 2.57 bits per heavy atom. The standard InChI is InChI=1S/C3H3BrN2O/c4-1-3(7)2-6-5/h2H,1H2/p+1/b3-2-. The van der Waals surface area contributed by atoms with Crippen LogP contribution in [0.2, 0.25) is 0 Å². The molecule has 0 atom stereocenters. The molecule has 0 rings (SSSR count). The summed E-state index contributed by atoms with van der Waals surface area (Å²) in [5.41, 5.74) is 0. The lowest BCUT2D eigenvalue weighted by molar-refractivity contribution is 0.418. The maximum atomic E-state index is 8.42. The molecule has 0 aromatic rings. The van der Waals surface area contributed by atoms with Crippen LogP contribution < -0.4 is 0 Å². The second kappa shape index (κ2) is 3.62. The molecule has 0 amide bonds. The molecule has 0 radical (unpaired) electrons. The highest BCUT2D eigenvalue weighted by atomic mass is 79.9. The van der Waals surface area contributed by atoms with Gasteiger partial charge in [-0.05, 0) is 0 Å². The van der Waals surface area contributed by atoms with Gasteiger partial charge >= 0.3 is 6.20 Å². The number of aliphatic hydroxyl groups is 1. The molecule has 0 saturated heterocycles. The number of allylic oxidation sites excluding steroid dienone is 1. The molecular weight excluding hydrogens is 160 g/mol. The van der Waals surface area contributed by atoms with Gasteiger partial charge in [-0.15, -0.1) is 0 Å². The predicted molar refractivity (Wildman–Crippen MR) is 29.6 cm³/mol. The quantitative estimate of drug-likeness (QED) is 0.363. The average molecular weight is 164 g/mol. The van der Waals surface area contributed by atoms with Gasteiger partial charge < -0.3 is 5.11 Å². The van der Waals surface area contributed by atoms with Gasteiger partial charge in [0.1, 0.15) is 0 Å². The van der Waals surface area contributed by atoms with E-state index < -0.39 is 0 Å². The molecule has 38 valence electrons. The second-order valence-corrected chi connectivity index (χ2v) is 1.43. The van der Waals surface area contributed by atoms with Crippen molar-refractivity contribution in [1.29, 1.82) is 5.39 Å². The summed E-state index contributed by atoms with van der Waals surface area (Å²) in [4.78, 5) is 2.56. The van der Waals surface area contributed by atoms with Crippen LogP contribution in [0.4, 0.5) is 0 Å². The van der Waals surface area contributed by atoms with Gasteiger partial charge in [-0.1, -0.05) is 15.9 Å². The van der Waals surface area contributed by atoms with E-state index in [1.807, 2.05) is 0 Å². The molecule has 0 bridgehead atoms. The summed E-state index contributed by atoms with van der Waals surface area (Å²) in [7, 11) is 0. The van der Waals surface area contributed by atoms with E-state index in [4.69, 9.17) is 10.5 Å². The van der Waals surface area contributed by atoms with Crippen LogP contribution in [0.15, 0.2) is 12.0 Å². The Labute approximate surface area is 49.4 Å². The summed E-state index contributed by atoms with van der Waals surface area (Å²) in [5, 5.41) is 16.5. The molecule has 0 aliphatic heterocycles. The smallest absolute Gasteiger partial charge is 0.388 e. The van der Waals surface area contributed by atoms with Crippen LogP contribution >= 0.6 is 15.9 Å². The van der Waals surface area contributed by atoms with Gasteiger partial charge in [0, 0.05) is 0 Å². The van der Waals surface area contributed by atoms with Gasteiger partial charge in [0.15, 0.2) is 10.7 Å². The van der Waals surface area contributed by atoms with E-state index in [0.29, 0.717) is 5.33 Å². The Balaban J connectivity index is 3.56. The Bertz CT molecular complexity index is 115. The van der Waals surface area contributed by atoms with Gasteiger partial charge in [0.25, 0.3) is 0 Å². The molecule has 0 fully saturated rings. The van der Waals surface area contributed by atoms with Gasteiger partial charge in [-0.2, -0.15) is 0 Å². The van der Waals surface area contributed by atoms with Crippen molar-refractivity contribution >= 4 is 15.9 Å². The summed E-state index contributed by atoms with van der Waals surface area (Å²) < 4.78 is 0. The summed E-state index contributed by atoms with van der Waals surface area (Å²) in [6.45, 7) is 0. The molecular formula is C3H4BrN2O+. The first-order chi connectivity index (χ1) is 3.31. The third-order valence-electron chi connectivity index (χ3n) is 0.344. The SMILES string of the molecule is N#[N+]/C=C(\O)CBr. The summed E-state index contributed by atoms with van der Waals surface area (Å²) in [6.07, 6.45) is 0.953. The molecule has 0 heterocycles. The molecule has 0 saturated carbocycles. The number of hydrogen-bond donors (Lipinski definition) is 1. The fourth-order valence-electron chi connectivity index (χ4n) is 0.101. The van der Waals surface area contributed by atoms with E-state index in [-0.39, 0.29) is 5.76 Å². The fraction of sp³-hybridized carbons (Fsp3) is 0.333.